The summed E-state index contributed by atoms with van der Waals surface area (Å²) < 4.78 is 0.924. The molecule has 0 aliphatic rings. The molecule has 1 aromatic carbocycles. The molecule has 0 saturated carbocycles. The second kappa shape index (κ2) is 4.57. The summed E-state index contributed by atoms with van der Waals surface area (Å²) in [5.74, 6) is -0.880. The predicted molar refractivity (Wildman–Crippen MR) is 58.1 cm³/mol. The molecule has 0 unspecified atom stereocenters. The van der Waals surface area contributed by atoms with Gasteiger partial charge in [0.1, 0.15) is 0 Å². The molecule has 3 N–H and O–H groups in total. The molecule has 4 heteroatoms. The molecule has 14 heavy (non-hydrogen) atoms. The highest BCUT2D eigenvalue weighted by molar-refractivity contribution is 9.10. The smallest absolute Gasteiger partial charge is 0.305 e. The molecule has 3 nitrogen and oxygen atoms in total. The van der Waals surface area contributed by atoms with Crippen LogP contribution in [0.5, 0.6) is 0 Å². The van der Waals surface area contributed by atoms with Crippen LogP contribution in [0.15, 0.2) is 22.7 Å². The van der Waals surface area contributed by atoms with Crippen LogP contribution in [0, 0.1) is 6.92 Å². The van der Waals surface area contributed by atoms with E-state index >= 15 is 0 Å². The fourth-order valence-electron chi connectivity index (χ4n) is 1.28. The molecule has 76 valence electrons. The molecule has 0 saturated heterocycles. The second-order valence-electron chi connectivity index (χ2n) is 3.27. The Morgan fingerprint density at radius 3 is 2.71 bits per heavy atom. The Hall–Kier alpha value is -0.870. The normalized spacial score (nSPS) is 12.5. The van der Waals surface area contributed by atoms with Crippen molar-refractivity contribution < 1.29 is 9.90 Å². The van der Waals surface area contributed by atoms with Crippen LogP contribution < -0.4 is 5.73 Å². The lowest BCUT2D eigenvalue weighted by atomic mass is 10.0. The van der Waals surface area contributed by atoms with Crippen LogP contribution in [0.4, 0.5) is 0 Å². The van der Waals surface area contributed by atoms with E-state index in [0.29, 0.717) is 0 Å². The van der Waals surface area contributed by atoms with Gasteiger partial charge >= 0.3 is 5.97 Å². The van der Waals surface area contributed by atoms with Crippen molar-refractivity contribution in [3.63, 3.8) is 0 Å². The zero-order valence-corrected chi connectivity index (χ0v) is 9.41. The number of halogens is 1. The molecule has 0 spiro atoms. The third-order valence-corrected chi connectivity index (χ3v) is 2.34. The van der Waals surface area contributed by atoms with Gasteiger partial charge in [0.25, 0.3) is 0 Å². The highest BCUT2D eigenvalue weighted by Crippen LogP contribution is 2.21. The van der Waals surface area contributed by atoms with Crippen molar-refractivity contribution in [2.75, 3.05) is 0 Å². The maximum Gasteiger partial charge on any atom is 0.305 e. The Kier molecular flexibility index (Phi) is 3.66. The Bertz CT molecular complexity index is 332. The lowest BCUT2D eigenvalue weighted by Gasteiger charge is -2.10. The fraction of sp³-hybridized carbons (Fsp3) is 0.300. The van der Waals surface area contributed by atoms with E-state index in [-0.39, 0.29) is 6.42 Å². The molecular weight excluding hydrogens is 246 g/mol. The molecule has 1 atom stereocenters. The topological polar surface area (TPSA) is 63.3 Å². The standard InChI is InChI=1S/C10H12BrNO2/c1-6-2-7(4-8(11)3-6)9(12)5-10(13)14/h2-4,9H,5,12H2,1H3,(H,13,14)/t9-/m0/s1. The summed E-state index contributed by atoms with van der Waals surface area (Å²) in [5, 5.41) is 8.59. The SMILES string of the molecule is Cc1cc(Br)cc([C@@H](N)CC(=O)O)c1. The first-order valence-corrected chi connectivity index (χ1v) is 5.03. The summed E-state index contributed by atoms with van der Waals surface area (Å²) in [6, 6.07) is 5.26. The van der Waals surface area contributed by atoms with Gasteiger partial charge in [-0.05, 0) is 30.2 Å². The zero-order valence-electron chi connectivity index (χ0n) is 7.83. The van der Waals surface area contributed by atoms with E-state index in [1.807, 2.05) is 25.1 Å². The molecule has 0 fully saturated rings. The van der Waals surface area contributed by atoms with Crippen molar-refractivity contribution in [2.45, 2.75) is 19.4 Å². The van der Waals surface area contributed by atoms with Crippen molar-refractivity contribution in [1.29, 1.82) is 0 Å². The summed E-state index contributed by atoms with van der Waals surface area (Å²) in [6.07, 6.45) is -0.0457. The largest absolute Gasteiger partial charge is 0.481 e. The van der Waals surface area contributed by atoms with Crippen LogP contribution in [-0.2, 0) is 4.79 Å². The van der Waals surface area contributed by atoms with Gasteiger partial charge < -0.3 is 10.8 Å². The van der Waals surface area contributed by atoms with Crippen LogP contribution in [-0.4, -0.2) is 11.1 Å². The third kappa shape index (κ3) is 3.12. The maximum absolute atomic E-state index is 10.5. The number of aliphatic carboxylic acids is 1. The number of hydrogen-bond donors (Lipinski definition) is 2. The van der Waals surface area contributed by atoms with Gasteiger partial charge in [0, 0.05) is 10.5 Å². The van der Waals surface area contributed by atoms with Crippen LogP contribution >= 0.6 is 15.9 Å². The Morgan fingerprint density at radius 2 is 2.21 bits per heavy atom. The number of nitrogens with two attached hydrogens (primary N) is 1. The van der Waals surface area contributed by atoms with E-state index in [4.69, 9.17) is 10.8 Å². The summed E-state index contributed by atoms with van der Waals surface area (Å²) in [5.41, 5.74) is 7.64. The summed E-state index contributed by atoms with van der Waals surface area (Å²) in [7, 11) is 0. The third-order valence-electron chi connectivity index (χ3n) is 1.89. The summed E-state index contributed by atoms with van der Waals surface area (Å²) in [4.78, 5) is 10.5. The first kappa shape index (κ1) is 11.2. The molecule has 0 heterocycles. The molecule has 0 bridgehead atoms. The molecule has 0 aliphatic carbocycles. The van der Waals surface area contributed by atoms with Crippen LogP contribution in [0.2, 0.25) is 0 Å². The van der Waals surface area contributed by atoms with Gasteiger partial charge in [0.2, 0.25) is 0 Å². The van der Waals surface area contributed by atoms with E-state index in [1.165, 1.54) is 0 Å². The fourth-order valence-corrected chi connectivity index (χ4v) is 1.91. The van der Waals surface area contributed by atoms with Crippen molar-refractivity contribution in [1.82, 2.24) is 0 Å². The first-order chi connectivity index (χ1) is 6.49. The Labute approximate surface area is 91.1 Å². The van der Waals surface area contributed by atoms with Gasteiger partial charge in [-0.15, -0.1) is 0 Å². The van der Waals surface area contributed by atoms with Crippen molar-refractivity contribution >= 4 is 21.9 Å². The van der Waals surface area contributed by atoms with Crippen LogP contribution in [0.1, 0.15) is 23.6 Å². The average molecular weight is 258 g/mol. The number of carboxylic acid groups (broad SMARTS) is 1. The zero-order chi connectivity index (χ0) is 10.7. The highest BCUT2D eigenvalue weighted by atomic mass is 79.9. The lowest BCUT2D eigenvalue weighted by Crippen LogP contribution is -2.15. The van der Waals surface area contributed by atoms with E-state index in [0.717, 1.165) is 15.6 Å². The minimum atomic E-state index is -0.880. The van der Waals surface area contributed by atoms with Gasteiger partial charge in [-0.1, -0.05) is 22.0 Å². The van der Waals surface area contributed by atoms with Crippen LogP contribution in [0.25, 0.3) is 0 Å². The van der Waals surface area contributed by atoms with Gasteiger partial charge in [-0.25, -0.2) is 0 Å². The number of aryl methyl sites for hydroxylation is 1. The number of benzene rings is 1. The van der Waals surface area contributed by atoms with Gasteiger partial charge in [-0.3, -0.25) is 4.79 Å². The Morgan fingerprint density at radius 1 is 1.57 bits per heavy atom. The van der Waals surface area contributed by atoms with Gasteiger partial charge in [-0.2, -0.15) is 0 Å². The maximum atomic E-state index is 10.5. The van der Waals surface area contributed by atoms with Gasteiger partial charge in [0.15, 0.2) is 0 Å². The monoisotopic (exact) mass is 257 g/mol. The molecule has 1 rings (SSSR count). The second-order valence-corrected chi connectivity index (χ2v) is 4.18. The number of hydrogen-bond acceptors (Lipinski definition) is 2. The first-order valence-electron chi connectivity index (χ1n) is 4.23. The number of carbonyl (C=O) groups is 1. The van der Waals surface area contributed by atoms with Crippen molar-refractivity contribution in [3.05, 3.63) is 33.8 Å². The quantitative estimate of drug-likeness (QED) is 0.873. The van der Waals surface area contributed by atoms with Crippen molar-refractivity contribution in [3.8, 4) is 0 Å². The van der Waals surface area contributed by atoms with E-state index in [9.17, 15) is 4.79 Å². The minimum Gasteiger partial charge on any atom is -0.481 e. The average Bonchev–Trinajstić information content (AvgIpc) is 2.00. The van der Waals surface area contributed by atoms with E-state index < -0.39 is 12.0 Å². The van der Waals surface area contributed by atoms with E-state index in [2.05, 4.69) is 15.9 Å². The molecule has 0 radical (unpaired) electrons. The highest BCUT2D eigenvalue weighted by Gasteiger charge is 2.11. The minimum absolute atomic E-state index is 0.0457. The lowest BCUT2D eigenvalue weighted by molar-refractivity contribution is -0.137. The molecular formula is C10H12BrNO2. The van der Waals surface area contributed by atoms with E-state index in [1.54, 1.807) is 0 Å². The predicted octanol–water partition coefficient (Wildman–Crippen LogP) is 2.23. The molecule has 0 aromatic heterocycles. The van der Waals surface area contributed by atoms with Crippen LogP contribution in [0.3, 0.4) is 0 Å². The van der Waals surface area contributed by atoms with Gasteiger partial charge in [0.05, 0.1) is 6.42 Å². The summed E-state index contributed by atoms with van der Waals surface area (Å²) in [6.45, 7) is 1.95. The molecule has 0 aliphatic heterocycles. The summed E-state index contributed by atoms with van der Waals surface area (Å²) >= 11 is 3.34. The number of rotatable bonds is 3. The molecule has 0 amide bonds. The van der Waals surface area contributed by atoms with Crippen molar-refractivity contribution in [2.24, 2.45) is 5.73 Å². The Balaban J connectivity index is 2.89. The molecule has 1 aromatic rings. The number of carboxylic acids is 1.